The highest BCUT2D eigenvalue weighted by Gasteiger charge is 2.32. The molecule has 0 fully saturated rings. The molecule has 2 aromatic rings. The predicted molar refractivity (Wildman–Crippen MR) is 88.2 cm³/mol. The van der Waals surface area contributed by atoms with E-state index in [2.05, 4.69) is 23.1 Å². The summed E-state index contributed by atoms with van der Waals surface area (Å²) in [5.41, 5.74) is 5.26. The number of phenols is 1. The van der Waals surface area contributed by atoms with E-state index in [0.717, 1.165) is 37.4 Å². The summed E-state index contributed by atoms with van der Waals surface area (Å²) in [4.78, 5) is 2.52. The first-order valence-corrected chi connectivity index (χ1v) is 7.99. The molecular weight excluding hydrogens is 290 g/mol. The van der Waals surface area contributed by atoms with Crippen molar-refractivity contribution in [1.82, 2.24) is 4.90 Å². The third-order valence-electron chi connectivity index (χ3n) is 5.09. The van der Waals surface area contributed by atoms with Crippen molar-refractivity contribution < 1.29 is 14.6 Å². The normalized spacial score (nSPS) is 19.5. The SMILES string of the molecule is COc1cc2c(cc1OC)CN1CCc3cc(O)ccc3C1C2. The molecule has 2 aliphatic heterocycles. The third kappa shape index (κ3) is 2.34. The standard InChI is InChI=1S/C19H21NO3/c1-22-18-9-13-8-17-16-4-3-15(21)7-12(16)5-6-20(17)11-14(13)10-19(18)23-2/h3-4,7,9-10,17,21H,5-6,8,11H2,1-2H3. The number of fused-ring (bicyclic) bond motifs is 4. The van der Waals surface area contributed by atoms with E-state index in [-0.39, 0.29) is 0 Å². The van der Waals surface area contributed by atoms with E-state index in [9.17, 15) is 5.11 Å². The molecule has 0 aliphatic carbocycles. The minimum atomic E-state index is 0.361. The molecule has 120 valence electrons. The topological polar surface area (TPSA) is 41.9 Å². The van der Waals surface area contributed by atoms with Gasteiger partial charge in [0.25, 0.3) is 0 Å². The summed E-state index contributed by atoms with van der Waals surface area (Å²) in [5.74, 6) is 1.95. The number of benzene rings is 2. The molecule has 0 aromatic heterocycles. The number of methoxy groups -OCH3 is 2. The van der Waals surface area contributed by atoms with Crippen LogP contribution in [0.5, 0.6) is 17.2 Å². The maximum absolute atomic E-state index is 9.72. The Morgan fingerprint density at radius 3 is 2.48 bits per heavy atom. The van der Waals surface area contributed by atoms with Gasteiger partial charge in [0.15, 0.2) is 11.5 Å². The molecule has 2 heterocycles. The fourth-order valence-electron chi connectivity index (χ4n) is 3.91. The van der Waals surface area contributed by atoms with Crippen LogP contribution in [0.4, 0.5) is 0 Å². The van der Waals surface area contributed by atoms with E-state index >= 15 is 0 Å². The monoisotopic (exact) mass is 311 g/mol. The minimum Gasteiger partial charge on any atom is -0.508 e. The predicted octanol–water partition coefficient (Wildman–Crippen LogP) is 3.06. The lowest BCUT2D eigenvalue weighted by Crippen LogP contribution is -2.39. The molecule has 1 unspecified atom stereocenters. The van der Waals surface area contributed by atoms with Crippen LogP contribution in [0.3, 0.4) is 0 Å². The van der Waals surface area contributed by atoms with Crippen molar-refractivity contribution >= 4 is 0 Å². The van der Waals surface area contributed by atoms with Gasteiger partial charge in [-0.15, -0.1) is 0 Å². The van der Waals surface area contributed by atoms with Gasteiger partial charge in [0, 0.05) is 19.1 Å². The zero-order chi connectivity index (χ0) is 16.0. The van der Waals surface area contributed by atoms with Crippen molar-refractivity contribution in [2.24, 2.45) is 0 Å². The van der Waals surface area contributed by atoms with Gasteiger partial charge in [-0.25, -0.2) is 0 Å². The van der Waals surface area contributed by atoms with Crippen LogP contribution >= 0.6 is 0 Å². The summed E-state index contributed by atoms with van der Waals surface area (Å²) in [6, 6.07) is 10.4. The number of rotatable bonds is 2. The molecule has 2 aromatic carbocycles. The van der Waals surface area contributed by atoms with Crippen molar-refractivity contribution in [3.05, 3.63) is 52.6 Å². The second kappa shape index (κ2) is 5.46. The second-order valence-electron chi connectivity index (χ2n) is 6.30. The van der Waals surface area contributed by atoms with E-state index in [1.165, 1.54) is 22.3 Å². The highest BCUT2D eigenvalue weighted by Crippen LogP contribution is 2.42. The zero-order valence-corrected chi connectivity index (χ0v) is 13.5. The van der Waals surface area contributed by atoms with Crippen LogP contribution in [0.2, 0.25) is 0 Å². The average Bonchev–Trinajstić information content (AvgIpc) is 2.58. The summed E-state index contributed by atoms with van der Waals surface area (Å²) >= 11 is 0. The first-order chi connectivity index (χ1) is 11.2. The first-order valence-electron chi connectivity index (χ1n) is 7.99. The van der Waals surface area contributed by atoms with Crippen LogP contribution in [-0.4, -0.2) is 30.8 Å². The summed E-state index contributed by atoms with van der Waals surface area (Å²) in [6.45, 7) is 1.95. The molecule has 4 heteroatoms. The van der Waals surface area contributed by atoms with Crippen LogP contribution in [0.15, 0.2) is 30.3 Å². The molecule has 4 nitrogen and oxygen atoms in total. The molecule has 2 aliphatic rings. The number of phenolic OH excluding ortho intramolecular Hbond substituents is 1. The molecule has 0 radical (unpaired) electrons. The summed E-state index contributed by atoms with van der Waals surface area (Å²) in [6.07, 6.45) is 1.95. The Labute approximate surface area is 136 Å². The van der Waals surface area contributed by atoms with Gasteiger partial charge >= 0.3 is 0 Å². The van der Waals surface area contributed by atoms with Crippen LogP contribution in [0, 0.1) is 0 Å². The summed E-state index contributed by atoms with van der Waals surface area (Å²) < 4.78 is 10.9. The highest BCUT2D eigenvalue weighted by atomic mass is 16.5. The lowest BCUT2D eigenvalue weighted by Gasteiger charge is -2.41. The van der Waals surface area contributed by atoms with E-state index < -0.39 is 0 Å². The fourth-order valence-corrected chi connectivity index (χ4v) is 3.91. The van der Waals surface area contributed by atoms with Gasteiger partial charge in [-0.1, -0.05) is 6.07 Å². The Hall–Kier alpha value is -2.20. The molecule has 1 N–H and O–H groups in total. The van der Waals surface area contributed by atoms with Crippen LogP contribution in [0.25, 0.3) is 0 Å². The third-order valence-corrected chi connectivity index (χ3v) is 5.09. The van der Waals surface area contributed by atoms with Crippen molar-refractivity contribution in [3.8, 4) is 17.2 Å². The van der Waals surface area contributed by atoms with Crippen molar-refractivity contribution in [3.63, 3.8) is 0 Å². The Morgan fingerprint density at radius 1 is 1.00 bits per heavy atom. The van der Waals surface area contributed by atoms with Crippen LogP contribution in [-0.2, 0) is 19.4 Å². The first kappa shape index (κ1) is 14.4. The number of ether oxygens (including phenoxy) is 2. The Balaban J connectivity index is 1.74. The van der Waals surface area contributed by atoms with Gasteiger partial charge < -0.3 is 14.6 Å². The van der Waals surface area contributed by atoms with Gasteiger partial charge in [0.2, 0.25) is 0 Å². The molecule has 23 heavy (non-hydrogen) atoms. The number of hydrogen-bond acceptors (Lipinski definition) is 4. The quantitative estimate of drug-likeness (QED) is 0.925. The van der Waals surface area contributed by atoms with Gasteiger partial charge in [-0.05, 0) is 59.4 Å². The summed E-state index contributed by atoms with van der Waals surface area (Å²) in [5, 5.41) is 9.72. The molecule has 0 spiro atoms. The Bertz CT molecular complexity index is 757. The smallest absolute Gasteiger partial charge is 0.161 e. The molecule has 0 saturated carbocycles. The minimum absolute atomic E-state index is 0.361. The van der Waals surface area contributed by atoms with Gasteiger partial charge in [0.05, 0.1) is 14.2 Å². The maximum Gasteiger partial charge on any atom is 0.161 e. The molecule has 1 atom stereocenters. The Morgan fingerprint density at radius 2 is 1.74 bits per heavy atom. The lowest BCUT2D eigenvalue weighted by molar-refractivity contribution is 0.160. The molecule has 0 bridgehead atoms. The average molecular weight is 311 g/mol. The second-order valence-corrected chi connectivity index (χ2v) is 6.30. The summed E-state index contributed by atoms with van der Waals surface area (Å²) in [7, 11) is 3.36. The fraction of sp³-hybridized carbons (Fsp3) is 0.368. The molecule has 0 amide bonds. The van der Waals surface area contributed by atoms with E-state index in [0.29, 0.717) is 11.8 Å². The number of aromatic hydroxyl groups is 1. The van der Waals surface area contributed by atoms with Crippen LogP contribution in [0.1, 0.15) is 28.3 Å². The van der Waals surface area contributed by atoms with E-state index in [1.54, 1.807) is 20.3 Å². The molecule has 4 rings (SSSR count). The van der Waals surface area contributed by atoms with E-state index in [1.807, 2.05) is 6.07 Å². The largest absolute Gasteiger partial charge is 0.508 e. The number of nitrogens with zero attached hydrogens (tertiary/aromatic N) is 1. The van der Waals surface area contributed by atoms with Gasteiger partial charge in [-0.2, -0.15) is 0 Å². The Kier molecular flexibility index (Phi) is 3.42. The van der Waals surface area contributed by atoms with Gasteiger partial charge in [0.1, 0.15) is 5.75 Å². The van der Waals surface area contributed by atoms with Crippen molar-refractivity contribution in [2.45, 2.75) is 25.4 Å². The highest BCUT2D eigenvalue weighted by molar-refractivity contribution is 5.50. The van der Waals surface area contributed by atoms with Crippen LogP contribution < -0.4 is 9.47 Å². The zero-order valence-electron chi connectivity index (χ0n) is 13.5. The van der Waals surface area contributed by atoms with E-state index in [4.69, 9.17) is 9.47 Å². The molecule has 0 saturated heterocycles. The lowest BCUT2D eigenvalue weighted by atomic mass is 9.84. The number of hydrogen-bond donors (Lipinski definition) is 1. The molecular formula is C19H21NO3. The maximum atomic E-state index is 9.72. The van der Waals surface area contributed by atoms with Crippen molar-refractivity contribution in [2.75, 3.05) is 20.8 Å². The van der Waals surface area contributed by atoms with Crippen molar-refractivity contribution in [1.29, 1.82) is 0 Å². The van der Waals surface area contributed by atoms with Gasteiger partial charge in [-0.3, -0.25) is 4.90 Å².